The van der Waals surface area contributed by atoms with Crippen molar-refractivity contribution >= 4 is 5.78 Å². The molecule has 2 fully saturated rings. The van der Waals surface area contributed by atoms with Crippen molar-refractivity contribution in [1.82, 2.24) is 4.90 Å². The number of rotatable bonds is 2. The molecule has 3 unspecified atom stereocenters. The van der Waals surface area contributed by atoms with Crippen molar-refractivity contribution < 1.29 is 9.90 Å². The van der Waals surface area contributed by atoms with Gasteiger partial charge in [0.2, 0.25) is 0 Å². The first-order chi connectivity index (χ1) is 12.6. The minimum Gasteiger partial charge on any atom is -0.508 e. The third-order valence-electron chi connectivity index (χ3n) is 7.17. The Morgan fingerprint density at radius 3 is 2.81 bits per heavy atom. The summed E-state index contributed by atoms with van der Waals surface area (Å²) in [4.78, 5) is 15.5. The molecular weight excluding hydrogens is 322 g/mol. The smallest absolute Gasteiger partial charge is 0.139 e. The number of carbonyl (C=O) groups is 1. The van der Waals surface area contributed by atoms with Crippen molar-refractivity contribution in [3.05, 3.63) is 41.5 Å². The molecule has 3 nitrogen and oxygen atoms in total. The Labute approximate surface area is 156 Å². The highest BCUT2D eigenvalue weighted by atomic mass is 16.3. The summed E-state index contributed by atoms with van der Waals surface area (Å²) in [6, 6.07) is 6.30. The van der Waals surface area contributed by atoms with Crippen molar-refractivity contribution in [3.63, 3.8) is 0 Å². The van der Waals surface area contributed by atoms with Crippen LogP contribution in [0.25, 0.3) is 0 Å². The Kier molecular flexibility index (Phi) is 3.97. The zero-order valence-electron chi connectivity index (χ0n) is 15.5. The van der Waals surface area contributed by atoms with Gasteiger partial charge in [0.15, 0.2) is 0 Å². The number of fused-ring (bicyclic) bond motifs is 6. The average Bonchev–Trinajstić information content (AvgIpc) is 3.37. The molecule has 3 aliphatic carbocycles. The van der Waals surface area contributed by atoms with Crippen LogP contribution >= 0.6 is 0 Å². The maximum absolute atomic E-state index is 12.7. The van der Waals surface area contributed by atoms with Gasteiger partial charge in [-0.2, -0.15) is 0 Å². The van der Waals surface area contributed by atoms with Gasteiger partial charge in [-0.25, -0.2) is 0 Å². The zero-order valence-corrected chi connectivity index (χ0v) is 15.5. The third-order valence-corrected chi connectivity index (χ3v) is 7.17. The summed E-state index contributed by atoms with van der Waals surface area (Å²) in [6.45, 7) is 2.34. The van der Waals surface area contributed by atoms with Crippen molar-refractivity contribution in [3.8, 4) is 5.75 Å². The van der Waals surface area contributed by atoms with E-state index in [1.807, 2.05) is 12.1 Å². The van der Waals surface area contributed by atoms with Gasteiger partial charge in [0, 0.05) is 24.9 Å². The van der Waals surface area contributed by atoms with Crippen LogP contribution in [0.1, 0.15) is 49.7 Å². The highest BCUT2D eigenvalue weighted by Gasteiger charge is 2.49. The SMILES string of the molecule is O=C1CCCCN(CC2CC2)C2C=CC1CC21Cc2ccc(O)cc2C1. The molecule has 1 aromatic carbocycles. The first-order valence-corrected chi connectivity index (χ1v) is 10.4. The molecule has 2 bridgehead atoms. The van der Waals surface area contributed by atoms with E-state index in [0.717, 1.165) is 51.0 Å². The van der Waals surface area contributed by atoms with Gasteiger partial charge in [-0.15, -0.1) is 0 Å². The molecule has 1 N–H and O–H groups in total. The molecule has 1 saturated heterocycles. The Morgan fingerprint density at radius 2 is 1.96 bits per heavy atom. The molecule has 1 spiro atoms. The topological polar surface area (TPSA) is 40.5 Å². The lowest BCUT2D eigenvalue weighted by atomic mass is 9.65. The summed E-state index contributed by atoms with van der Waals surface area (Å²) < 4.78 is 0. The van der Waals surface area contributed by atoms with Crippen LogP contribution in [-0.2, 0) is 17.6 Å². The van der Waals surface area contributed by atoms with Crippen LogP contribution in [-0.4, -0.2) is 34.9 Å². The lowest BCUT2D eigenvalue weighted by Gasteiger charge is -2.47. The number of Topliss-reactive ketones (excluding diaryl/α,β-unsaturated/α-hetero) is 1. The summed E-state index contributed by atoms with van der Waals surface area (Å²) in [6.07, 6.45) is 13.3. The third kappa shape index (κ3) is 2.90. The Morgan fingerprint density at radius 1 is 1.12 bits per heavy atom. The normalized spacial score (nSPS) is 34.4. The van der Waals surface area contributed by atoms with Crippen molar-refractivity contribution in [2.24, 2.45) is 17.3 Å². The molecule has 2 aliphatic heterocycles. The van der Waals surface area contributed by atoms with Crippen molar-refractivity contribution in [2.45, 2.75) is 57.4 Å². The predicted molar refractivity (Wildman–Crippen MR) is 102 cm³/mol. The van der Waals surface area contributed by atoms with E-state index in [4.69, 9.17) is 0 Å². The minimum atomic E-state index is 0.0926. The largest absolute Gasteiger partial charge is 0.508 e. The zero-order chi connectivity index (χ0) is 17.7. The molecule has 0 aromatic heterocycles. The summed E-state index contributed by atoms with van der Waals surface area (Å²) in [7, 11) is 0. The lowest BCUT2D eigenvalue weighted by Crippen LogP contribution is -2.52. The van der Waals surface area contributed by atoms with Crippen LogP contribution in [0.3, 0.4) is 0 Å². The second-order valence-corrected chi connectivity index (χ2v) is 9.17. The number of phenols is 1. The van der Waals surface area contributed by atoms with Gasteiger partial charge in [0.05, 0.1) is 0 Å². The van der Waals surface area contributed by atoms with Crippen LogP contribution in [0, 0.1) is 17.3 Å². The number of hydrogen-bond acceptors (Lipinski definition) is 3. The number of allylic oxidation sites excluding steroid dienone is 1. The van der Waals surface area contributed by atoms with Crippen LogP contribution < -0.4 is 0 Å². The molecular formula is C23H29NO2. The van der Waals surface area contributed by atoms with Gasteiger partial charge in [-0.05, 0) is 86.1 Å². The summed E-state index contributed by atoms with van der Waals surface area (Å²) in [5.74, 6) is 1.78. The maximum atomic E-state index is 12.7. The number of benzene rings is 1. The number of carbonyl (C=O) groups excluding carboxylic acids is 1. The number of ketones is 1. The summed E-state index contributed by atoms with van der Waals surface area (Å²) >= 11 is 0. The van der Waals surface area contributed by atoms with Gasteiger partial charge in [-0.3, -0.25) is 9.69 Å². The Bertz CT molecular complexity index is 751. The second-order valence-electron chi connectivity index (χ2n) is 9.17. The molecule has 6 rings (SSSR count). The molecule has 0 radical (unpaired) electrons. The second kappa shape index (κ2) is 6.23. The fourth-order valence-corrected chi connectivity index (χ4v) is 5.70. The van der Waals surface area contributed by atoms with Gasteiger partial charge >= 0.3 is 0 Å². The summed E-state index contributed by atoms with van der Waals surface area (Å²) in [5, 5.41) is 9.94. The van der Waals surface area contributed by atoms with E-state index < -0.39 is 0 Å². The molecule has 3 atom stereocenters. The fraction of sp³-hybridized carbons (Fsp3) is 0.609. The number of nitrogens with zero attached hydrogens (tertiary/aromatic N) is 1. The minimum absolute atomic E-state index is 0.0926. The molecule has 138 valence electrons. The number of phenolic OH excluding ortho intramolecular Hbond substituents is 1. The Balaban J connectivity index is 1.52. The molecule has 26 heavy (non-hydrogen) atoms. The highest BCUT2D eigenvalue weighted by molar-refractivity contribution is 5.83. The quantitative estimate of drug-likeness (QED) is 0.822. The maximum Gasteiger partial charge on any atom is 0.139 e. The van der Waals surface area contributed by atoms with E-state index in [9.17, 15) is 9.90 Å². The number of hydrogen-bond donors (Lipinski definition) is 1. The summed E-state index contributed by atoms with van der Waals surface area (Å²) in [5.41, 5.74) is 2.79. The van der Waals surface area contributed by atoms with Gasteiger partial charge in [0.25, 0.3) is 0 Å². The monoisotopic (exact) mass is 351 g/mol. The van der Waals surface area contributed by atoms with E-state index in [1.165, 1.54) is 30.5 Å². The van der Waals surface area contributed by atoms with Crippen LogP contribution in [0.15, 0.2) is 30.4 Å². The van der Waals surface area contributed by atoms with E-state index in [2.05, 4.69) is 23.1 Å². The van der Waals surface area contributed by atoms with Crippen molar-refractivity contribution in [1.29, 1.82) is 0 Å². The molecule has 5 aliphatic rings. The van der Waals surface area contributed by atoms with Crippen molar-refractivity contribution in [2.75, 3.05) is 13.1 Å². The fourth-order valence-electron chi connectivity index (χ4n) is 5.70. The van der Waals surface area contributed by atoms with Gasteiger partial charge in [0.1, 0.15) is 11.5 Å². The van der Waals surface area contributed by atoms with E-state index in [-0.39, 0.29) is 11.3 Å². The van der Waals surface area contributed by atoms with Gasteiger partial charge in [-0.1, -0.05) is 18.2 Å². The first-order valence-electron chi connectivity index (χ1n) is 10.4. The Hall–Kier alpha value is -1.61. The van der Waals surface area contributed by atoms with Crippen LogP contribution in [0.4, 0.5) is 0 Å². The number of aromatic hydroxyl groups is 1. The lowest BCUT2D eigenvalue weighted by molar-refractivity contribution is -0.123. The van der Waals surface area contributed by atoms with E-state index >= 15 is 0 Å². The predicted octanol–water partition coefficient (Wildman–Crippen LogP) is 3.89. The molecule has 2 heterocycles. The highest BCUT2D eigenvalue weighted by Crippen LogP contribution is 2.50. The van der Waals surface area contributed by atoms with E-state index in [1.54, 1.807) is 0 Å². The van der Waals surface area contributed by atoms with E-state index in [0.29, 0.717) is 17.6 Å². The van der Waals surface area contributed by atoms with Gasteiger partial charge < -0.3 is 5.11 Å². The molecule has 3 heteroatoms. The molecule has 0 amide bonds. The average molecular weight is 351 g/mol. The molecule has 1 aromatic rings. The van der Waals surface area contributed by atoms with Crippen LogP contribution in [0.2, 0.25) is 0 Å². The standard InChI is InChI=1S/C23H29NO2/c25-20-8-6-17-12-23(14-19(17)11-20)13-18-7-9-22(23)24(15-16-4-5-16)10-2-1-3-21(18)26/h6-9,11,16,18,22,25H,1-5,10,12-15H2. The first kappa shape index (κ1) is 16.6. The molecule has 1 saturated carbocycles. The van der Waals surface area contributed by atoms with Crippen LogP contribution in [0.5, 0.6) is 5.75 Å².